The Balaban J connectivity index is 1.63. The van der Waals surface area contributed by atoms with Crippen LogP contribution in [0.1, 0.15) is 12.8 Å². The molecule has 1 aliphatic heterocycles. The Morgan fingerprint density at radius 1 is 1.28 bits per heavy atom. The first-order valence-corrected chi connectivity index (χ1v) is 10.3. The van der Waals surface area contributed by atoms with Crippen LogP contribution in [0.3, 0.4) is 0 Å². The number of allylic oxidation sites excluding steroid dienone is 1. The van der Waals surface area contributed by atoms with Gasteiger partial charge in [0.25, 0.3) is 0 Å². The summed E-state index contributed by atoms with van der Waals surface area (Å²) in [4.78, 5) is 26.0. The lowest BCUT2D eigenvalue weighted by atomic mass is 9.97. The summed E-state index contributed by atoms with van der Waals surface area (Å²) in [5.41, 5.74) is 0.740. The van der Waals surface area contributed by atoms with Crippen LogP contribution in [0.4, 0.5) is 4.39 Å². The van der Waals surface area contributed by atoms with Gasteiger partial charge >= 0.3 is 5.97 Å². The van der Waals surface area contributed by atoms with Crippen molar-refractivity contribution in [2.45, 2.75) is 24.5 Å². The quantitative estimate of drug-likeness (QED) is 0.391. The summed E-state index contributed by atoms with van der Waals surface area (Å²) in [6.45, 7) is 5.32. The highest BCUT2D eigenvalue weighted by molar-refractivity contribution is 7.99. The number of piperidine rings is 1. The molecule has 2 aromatic rings. The Labute approximate surface area is 172 Å². The number of hydrogen-bond donors (Lipinski definition) is 0. The molecule has 0 bridgehead atoms. The van der Waals surface area contributed by atoms with E-state index in [0.717, 1.165) is 5.56 Å². The van der Waals surface area contributed by atoms with E-state index in [1.165, 1.54) is 31.0 Å². The van der Waals surface area contributed by atoms with E-state index >= 15 is 0 Å². The van der Waals surface area contributed by atoms with Gasteiger partial charge in [0.1, 0.15) is 5.82 Å². The zero-order valence-corrected chi connectivity index (χ0v) is 17.0. The zero-order chi connectivity index (χ0) is 20.8. The molecular weight excluding hydrogens is 395 g/mol. The van der Waals surface area contributed by atoms with Crippen molar-refractivity contribution in [2.75, 3.05) is 26.0 Å². The number of nitrogens with zero attached hydrogens (tertiary/aromatic N) is 4. The van der Waals surface area contributed by atoms with E-state index in [2.05, 4.69) is 16.8 Å². The van der Waals surface area contributed by atoms with Crippen LogP contribution in [0.5, 0.6) is 0 Å². The lowest BCUT2D eigenvalue weighted by molar-refractivity contribution is -0.148. The van der Waals surface area contributed by atoms with Crippen molar-refractivity contribution >= 4 is 23.6 Å². The van der Waals surface area contributed by atoms with Crippen LogP contribution < -0.4 is 0 Å². The highest BCUT2D eigenvalue weighted by atomic mass is 32.2. The number of carbonyl (C=O) groups is 2. The number of halogens is 1. The molecule has 0 atom stereocenters. The van der Waals surface area contributed by atoms with Gasteiger partial charge in [-0.15, -0.1) is 16.8 Å². The molecule has 1 aliphatic rings. The molecule has 9 heteroatoms. The number of amides is 1. The molecule has 1 fully saturated rings. The molecule has 0 radical (unpaired) electrons. The van der Waals surface area contributed by atoms with E-state index in [-0.39, 0.29) is 29.4 Å². The average molecular weight is 418 g/mol. The maximum atomic E-state index is 13.2. The second-order valence-corrected chi connectivity index (χ2v) is 7.62. The van der Waals surface area contributed by atoms with Crippen LogP contribution in [0.2, 0.25) is 0 Å². The molecule has 1 aromatic heterocycles. The van der Waals surface area contributed by atoms with Crippen molar-refractivity contribution < 1.29 is 18.7 Å². The van der Waals surface area contributed by atoms with Gasteiger partial charge in [0.15, 0.2) is 11.0 Å². The number of ether oxygens (including phenoxy) is 1. The smallest absolute Gasteiger partial charge is 0.308 e. The summed E-state index contributed by atoms with van der Waals surface area (Å²) in [5.74, 6) is 0.151. The van der Waals surface area contributed by atoms with E-state index in [1.807, 2.05) is 4.57 Å². The average Bonchev–Trinajstić information content (AvgIpc) is 3.15. The molecule has 0 N–H and O–H groups in total. The molecule has 7 nitrogen and oxygen atoms in total. The van der Waals surface area contributed by atoms with Gasteiger partial charge in [-0.1, -0.05) is 17.8 Å². The molecule has 0 unspecified atom stereocenters. The number of carbonyl (C=O) groups excluding carboxylic acids is 2. The van der Waals surface area contributed by atoms with Gasteiger partial charge in [-0.25, -0.2) is 4.39 Å². The van der Waals surface area contributed by atoms with Gasteiger partial charge in [-0.3, -0.25) is 14.2 Å². The molecule has 1 aromatic carbocycles. The molecule has 2 heterocycles. The number of benzene rings is 1. The Hall–Kier alpha value is -2.68. The maximum Gasteiger partial charge on any atom is 0.308 e. The summed E-state index contributed by atoms with van der Waals surface area (Å²) in [6, 6.07) is 6.03. The van der Waals surface area contributed by atoms with Gasteiger partial charge in [0.05, 0.1) is 18.8 Å². The minimum Gasteiger partial charge on any atom is -0.469 e. The monoisotopic (exact) mass is 418 g/mol. The fourth-order valence-electron chi connectivity index (χ4n) is 3.25. The number of hydrogen-bond acceptors (Lipinski definition) is 6. The molecular formula is C20H23FN4O3S. The first-order chi connectivity index (χ1) is 14.0. The topological polar surface area (TPSA) is 77.3 Å². The van der Waals surface area contributed by atoms with Crippen molar-refractivity contribution in [3.8, 4) is 11.4 Å². The summed E-state index contributed by atoms with van der Waals surface area (Å²) >= 11 is 1.30. The van der Waals surface area contributed by atoms with E-state index in [0.29, 0.717) is 43.5 Å². The normalized spacial score (nSPS) is 14.6. The molecule has 0 saturated carbocycles. The van der Waals surface area contributed by atoms with E-state index < -0.39 is 0 Å². The van der Waals surface area contributed by atoms with Crippen molar-refractivity contribution in [3.05, 3.63) is 42.7 Å². The van der Waals surface area contributed by atoms with Crippen LogP contribution in [0, 0.1) is 11.7 Å². The Bertz CT molecular complexity index is 876. The molecule has 0 aliphatic carbocycles. The van der Waals surface area contributed by atoms with Gasteiger partial charge in [-0.05, 0) is 37.1 Å². The van der Waals surface area contributed by atoms with Gasteiger partial charge < -0.3 is 9.64 Å². The molecule has 3 rings (SSSR count). The highest BCUT2D eigenvalue weighted by Gasteiger charge is 2.28. The predicted molar refractivity (Wildman–Crippen MR) is 108 cm³/mol. The van der Waals surface area contributed by atoms with Crippen molar-refractivity contribution in [3.63, 3.8) is 0 Å². The van der Waals surface area contributed by atoms with Crippen LogP contribution >= 0.6 is 11.8 Å². The minimum atomic E-state index is -0.320. The number of thioether (sulfide) groups is 1. The van der Waals surface area contributed by atoms with Crippen LogP contribution in [-0.2, 0) is 20.9 Å². The Morgan fingerprint density at radius 3 is 2.59 bits per heavy atom. The fourth-order valence-corrected chi connectivity index (χ4v) is 4.10. The van der Waals surface area contributed by atoms with Gasteiger partial charge in [-0.2, -0.15) is 0 Å². The van der Waals surface area contributed by atoms with Gasteiger partial charge in [0, 0.05) is 25.2 Å². The lowest BCUT2D eigenvalue weighted by Crippen LogP contribution is -2.41. The number of aromatic nitrogens is 3. The fraction of sp³-hybridized carbons (Fsp3) is 0.400. The number of likely N-dealkylation sites (tertiary alicyclic amines) is 1. The standard InChI is InChI=1S/C20H23FN4O3S/c1-3-10-25-18(14-4-6-16(21)7-5-14)22-23-20(25)29-13-17(26)24-11-8-15(9-12-24)19(27)28-2/h3-7,15H,1,8-13H2,2H3. The zero-order valence-electron chi connectivity index (χ0n) is 16.2. The van der Waals surface area contributed by atoms with E-state index in [1.54, 1.807) is 23.1 Å². The van der Waals surface area contributed by atoms with Crippen LogP contribution in [0.25, 0.3) is 11.4 Å². The van der Waals surface area contributed by atoms with Crippen molar-refractivity contribution in [2.24, 2.45) is 5.92 Å². The number of rotatable bonds is 7. The predicted octanol–water partition coefficient (Wildman–Crippen LogP) is 2.77. The second-order valence-electron chi connectivity index (χ2n) is 6.68. The lowest BCUT2D eigenvalue weighted by Gasteiger charge is -2.30. The molecule has 1 amide bonds. The second kappa shape index (κ2) is 9.69. The number of methoxy groups -OCH3 is 1. The third-order valence-electron chi connectivity index (χ3n) is 4.84. The van der Waals surface area contributed by atoms with Gasteiger partial charge in [0.2, 0.25) is 5.91 Å². The Kier molecular flexibility index (Phi) is 7.03. The molecule has 154 valence electrons. The van der Waals surface area contributed by atoms with Crippen molar-refractivity contribution in [1.82, 2.24) is 19.7 Å². The summed E-state index contributed by atoms with van der Waals surface area (Å²) in [5, 5.41) is 9.01. The summed E-state index contributed by atoms with van der Waals surface area (Å²) in [6.07, 6.45) is 2.95. The third-order valence-corrected chi connectivity index (χ3v) is 5.79. The SMILES string of the molecule is C=CCn1c(SCC(=O)N2CCC(C(=O)OC)CC2)nnc1-c1ccc(F)cc1. The third kappa shape index (κ3) is 5.03. The molecule has 0 spiro atoms. The number of esters is 1. The Morgan fingerprint density at radius 2 is 1.97 bits per heavy atom. The van der Waals surface area contributed by atoms with E-state index in [4.69, 9.17) is 4.74 Å². The first kappa shape index (κ1) is 21.0. The first-order valence-electron chi connectivity index (χ1n) is 9.32. The van der Waals surface area contributed by atoms with Crippen LogP contribution in [0.15, 0.2) is 42.1 Å². The highest BCUT2D eigenvalue weighted by Crippen LogP contribution is 2.25. The minimum absolute atomic E-state index is 0.00481. The molecule has 29 heavy (non-hydrogen) atoms. The van der Waals surface area contributed by atoms with Crippen LogP contribution in [-0.4, -0.2) is 57.5 Å². The summed E-state index contributed by atoms with van der Waals surface area (Å²) < 4.78 is 19.8. The molecule has 1 saturated heterocycles. The van der Waals surface area contributed by atoms with E-state index in [9.17, 15) is 14.0 Å². The summed E-state index contributed by atoms with van der Waals surface area (Å²) in [7, 11) is 1.39. The maximum absolute atomic E-state index is 13.2. The van der Waals surface area contributed by atoms with Crippen molar-refractivity contribution in [1.29, 1.82) is 0 Å². The largest absolute Gasteiger partial charge is 0.469 e.